The lowest BCUT2D eigenvalue weighted by molar-refractivity contribution is 0.585. The molecule has 1 atom stereocenters. The first-order chi connectivity index (χ1) is 10.9. The number of nitrogens with two attached hydrogens (primary N) is 2. The van der Waals surface area contributed by atoms with Crippen molar-refractivity contribution in [2.75, 3.05) is 0 Å². The van der Waals surface area contributed by atoms with Crippen LogP contribution in [0.2, 0.25) is 5.02 Å². The molecular weight excluding hydrogens is 376 g/mol. The molecule has 1 unspecified atom stereocenters. The number of hydrogen-bond acceptors (Lipinski definition) is 4. The Hall–Kier alpha value is -1.82. The van der Waals surface area contributed by atoms with Gasteiger partial charge in [-0.05, 0) is 48.4 Å². The Morgan fingerprint density at radius 2 is 1.87 bits per heavy atom. The van der Waals surface area contributed by atoms with E-state index >= 15 is 0 Å². The number of nitrogens with one attached hydrogen (secondary N) is 1. The molecule has 2 aromatic rings. The summed E-state index contributed by atoms with van der Waals surface area (Å²) in [6, 6.07) is 13.4. The Labute approximate surface area is 148 Å². The van der Waals surface area contributed by atoms with Crippen LogP contribution in [0.4, 0.5) is 0 Å². The molecule has 0 bridgehead atoms. The van der Waals surface area contributed by atoms with Gasteiger partial charge in [-0.3, -0.25) is 5.73 Å². The minimum absolute atomic E-state index is 0.271. The number of aryl methyl sites for hydroxylation is 1. The Kier molecular flexibility index (Phi) is 4.19. The molecule has 0 saturated carbocycles. The summed E-state index contributed by atoms with van der Waals surface area (Å²) in [5, 5.41) is 3.73. The summed E-state index contributed by atoms with van der Waals surface area (Å²) in [7, 11) is 0. The van der Waals surface area contributed by atoms with E-state index in [0.717, 1.165) is 26.9 Å². The van der Waals surface area contributed by atoms with E-state index in [1.54, 1.807) is 0 Å². The van der Waals surface area contributed by atoms with Crippen LogP contribution in [0.1, 0.15) is 16.7 Å². The SMILES string of the molecule is Cc1ccc(Cl)cc1C1=CC(N)(c2ccc(Br)cc2)N=C(N)N1. The van der Waals surface area contributed by atoms with Gasteiger partial charge >= 0.3 is 0 Å². The number of benzene rings is 2. The van der Waals surface area contributed by atoms with E-state index in [1.165, 1.54) is 0 Å². The topological polar surface area (TPSA) is 76.4 Å². The molecule has 2 aromatic carbocycles. The molecule has 0 aromatic heterocycles. The Morgan fingerprint density at radius 1 is 1.17 bits per heavy atom. The average Bonchev–Trinajstić information content (AvgIpc) is 2.49. The maximum atomic E-state index is 6.50. The quantitative estimate of drug-likeness (QED) is 0.733. The number of guanidine groups is 1. The summed E-state index contributed by atoms with van der Waals surface area (Å²) in [6.45, 7) is 2.01. The molecule has 0 aliphatic carbocycles. The van der Waals surface area contributed by atoms with Crippen LogP contribution >= 0.6 is 27.5 Å². The molecule has 0 radical (unpaired) electrons. The zero-order valence-electron chi connectivity index (χ0n) is 12.5. The second-order valence-corrected chi connectivity index (χ2v) is 6.82. The third-order valence-corrected chi connectivity index (χ3v) is 4.49. The van der Waals surface area contributed by atoms with E-state index < -0.39 is 5.66 Å². The highest BCUT2D eigenvalue weighted by Crippen LogP contribution is 2.31. The van der Waals surface area contributed by atoms with Gasteiger partial charge in [0, 0.05) is 20.8 Å². The maximum Gasteiger partial charge on any atom is 0.195 e. The predicted molar refractivity (Wildman–Crippen MR) is 98.9 cm³/mol. The second-order valence-electron chi connectivity index (χ2n) is 5.47. The molecule has 0 spiro atoms. The lowest BCUT2D eigenvalue weighted by atomic mass is 9.95. The predicted octanol–water partition coefficient (Wildman–Crippen LogP) is 3.48. The van der Waals surface area contributed by atoms with Crippen LogP contribution in [0.5, 0.6) is 0 Å². The number of hydrogen-bond donors (Lipinski definition) is 3. The van der Waals surface area contributed by atoms with Crippen molar-refractivity contribution in [3.63, 3.8) is 0 Å². The van der Waals surface area contributed by atoms with Crippen LogP contribution in [0.15, 0.2) is 58.0 Å². The molecule has 0 fully saturated rings. The molecule has 23 heavy (non-hydrogen) atoms. The van der Waals surface area contributed by atoms with Gasteiger partial charge in [0.1, 0.15) is 0 Å². The molecule has 5 N–H and O–H groups in total. The van der Waals surface area contributed by atoms with Gasteiger partial charge in [-0.15, -0.1) is 0 Å². The molecule has 3 rings (SSSR count). The van der Waals surface area contributed by atoms with E-state index in [-0.39, 0.29) is 5.96 Å². The highest BCUT2D eigenvalue weighted by molar-refractivity contribution is 9.10. The van der Waals surface area contributed by atoms with Gasteiger partial charge in [0.05, 0.1) is 0 Å². The van der Waals surface area contributed by atoms with Gasteiger partial charge in [0.15, 0.2) is 11.6 Å². The monoisotopic (exact) mass is 390 g/mol. The van der Waals surface area contributed by atoms with Crippen molar-refractivity contribution >= 4 is 39.2 Å². The van der Waals surface area contributed by atoms with Gasteiger partial charge in [-0.2, -0.15) is 0 Å². The molecular formula is C17H16BrClN4. The average molecular weight is 392 g/mol. The summed E-state index contributed by atoms with van der Waals surface area (Å²) in [5.74, 6) is 0.271. The summed E-state index contributed by atoms with van der Waals surface area (Å²) >= 11 is 9.55. The van der Waals surface area contributed by atoms with Crippen LogP contribution in [-0.4, -0.2) is 5.96 Å². The van der Waals surface area contributed by atoms with Gasteiger partial charge < -0.3 is 11.1 Å². The lowest BCUT2D eigenvalue weighted by Gasteiger charge is -2.29. The molecule has 1 heterocycles. The Bertz CT molecular complexity index is 814. The molecule has 1 aliphatic rings. The number of nitrogens with zero attached hydrogens (tertiary/aromatic N) is 1. The summed E-state index contributed by atoms with van der Waals surface area (Å²) in [6.07, 6.45) is 1.87. The van der Waals surface area contributed by atoms with Crippen molar-refractivity contribution in [1.29, 1.82) is 0 Å². The number of rotatable bonds is 2. The molecule has 1 aliphatic heterocycles. The molecule has 0 amide bonds. The van der Waals surface area contributed by atoms with E-state index in [0.29, 0.717) is 5.02 Å². The fourth-order valence-corrected chi connectivity index (χ4v) is 2.98. The van der Waals surface area contributed by atoms with Crippen molar-refractivity contribution in [2.45, 2.75) is 12.6 Å². The number of halogens is 2. The van der Waals surface area contributed by atoms with Crippen LogP contribution in [0, 0.1) is 6.92 Å². The Morgan fingerprint density at radius 3 is 2.57 bits per heavy atom. The molecule has 0 saturated heterocycles. The van der Waals surface area contributed by atoms with Gasteiger partial charge in [0.25, 0.3) is 0 Å². The van der Waals surface area contributed by atoms with E-state index in [4.69, 9.17) is 23.1 Å². The van der Waals surface area contributed by atoms with Gasteiger partial charge in [0.2, 0.25) is 0 Å². The fourth-order valence-electron chi connectivity index (χ4n) is 2.55. The van der Waals surface area contributed by atoms with E-state index in [2.05, 4.69) is 26.2 Å². The standard InChI is InChI=1S/C17H16BrClN4/c1-10-2-7-13(19)8-14(10)15-9-17(21,23-16(20)22-15)11-3-5-12(18)6-4-11/h2-9H,21H2,1H3,(H3,20,22,23). The number of aliphatic imine (C=N–C) groups is 1. The summed E-state index contributed by atoms with van der Waals surface area (Å²) in [4.78, 5) is 4.38. The maximum absolute atomic E-state index is 6.50. The Balaban J connectivity index is 2.11. The first kappa shape index (κ1) is 16.1. The van der Waals surface area contributed by atoms with Gasteiger partial charge in [-0.1, -0.05) is 45.7 Å². The second kappa shape index (κ2) is 6.00. The molecule has 118 valence electrons. The fraction of sp³-hybridized carbons (Fsp3) is 0.118. The molecule has 4 nitrogen and oxygen atoms in total. The van der Waals surface area contributed by atoms with Crippen LogP contribution in [-0.2, 0) is 5.66 Å². The first-order valence-corrected chi connectivity index (χ1v) is 8.21. The van der Waals surface area contributed by atoms with Crippen LogP contribution in [0.3, 0.4) is 0 Å². The molecule has 6 heteroatoms. The third kappa shape index (κ3) is 3.27. The van der Waals surface area contributed by atoms with E-state index in [9.17, 15) is 0 Å². The van der Waals surface area contributed by atoms with Crippen LogP contribution < -0.4 is 16.8 Å². The summed E-state index contributed by atoms with van der Waals surface area (Å²) in [5.41, 5.74) is 15.1. The van der Waals surface area contributed by atoms with Crippen molar-refractivity contribution < 1.29 is 0 Å². The lowest BCUT2D eigenvalue weighted by Crippen LogP contribution is -2.44. The van der Waals surface area contributed by atoms with Crippen molar-refractivity contribution in [3.05, 3.63) is 74.7 Å². The minimum atomic E-state index is -1.03. The normalized spacial score (nSPS) is 20.5. The highest BCUT2D eigenvalue weighted by Gasteiger charge is 2.29. The first-order valence-electron chi connectivity index (χ1n) is 7.04. The highest BCUT2D eigenvalue weighted by atomic mass is 79.9. The van der Waals surface area contributed by atoms with Gasteiger partial charge in [-0.25, -0.2) is 4.99 Å². The van der Waals surface area contributed by atoms with Crippen molar-refractivity contribution in [3.8, 4) is 0 Å². The largest absolute Gasteiger partial charge is 0.370 e. The third-order valence-electron chi connectivity index (χ3n) is 3.73. The zero-order valence-corrected chi connectivity index (χ0v) is 14.8. The smallest absolute Gasteiger partial charge is 0.195 e. The van der Waals surface area contributed by atoms with Crippen LogP contribution in [0.25, 0.3) is 5.70 Å². The summed E-state index contributed by atoms with van der Waals surface area (Å²) < 4.78 is 0.977. The zero-order chi connectivity index (χ0) is 16.6. The minimum Gasteiger partial charge on any atom is -0.370 e. The van der Waals surface area contributed by atoms with Crippen molar-refractivity contribution in [1.82, 2.24) is 5.32 Å². The van der Waals surface area contributed by atoms with Crippen molar-refractivity contribution in [2.24, 2.45) is 16.5 Å². The van der Waals surface area contributed by atoms with E-state index in [1.807, 2.05) is 55.5 Å².